The van der Waals surface area contributed by atoms with Gasteiger partial charge in [0, 0.05) is 26.2 Å². The second-order valence-corrected chi connectivity index (χ2v) is 4.99. The first kappa shape index (κ1) is 15.3. The SMILES string of the molecule is CCn1nc(C)cc1C(=O)N(CCN)Cc1ccccc1. The van der Waals surface area contributed by atoms with Gasteiger partial charge < -0.3 is 10.6 Å². The topological polar surface area (TPSA) is 64.2 Å². The summed E-state index contributed by atoms with van der Waals surface area (Å²) >= 11 is 0. The van der Waals surface area contributed by atoms with Crippen LogP contribution in [-0.4, -0.2) is 33.7 Å². The average molecular weight is 286 g/mol. The van der Waals surface area contributed by atoms with E-state index in [0.29, 0.717) is 31.9 Å². The quantitative estimate of drug-likeness (QED) is 0.881. The first-order chi connectivity index (χ1) is 10.2. The van der Waals surface area contributed by atoms with Crippen molar-refractivity contribution >= 4 is 5.91 Å². The number of hydrogen-bond donors (Lipinski definition) is 1. The van der Waals surface area contributed by atoms with Crippen LogP contribution in [0.15, 0.2) is 36.4 Å². The van der Waals surface area contributed by atoms with Crippen molar-refractivity contribution < 1.29 is 4.79 Å². The molecule has 5 nitrogen and oxygen atoms in total. The lowest BCUT2D eigenvalue weighted by Gasteiger charge is -2.22. The molecule has 0 aliphatic rings. The lowest BCUT2D eigenvalue weighted by atomic mass is 10.2. The molecule has 0 spiro atoms. The van der Waals surface area contributed by atoms with E-state index in [0.717, 1.165) is 11.3 Å². The van der Waals surface area contributed by atoms with Gasteiger partial charge in [-0.3, -0.25) is 9.48 Å². The summed E-state index contributed by atoms with van der Waals surface area (Å²) in [5, 5.41) is 4.34. The summed E-state index contributed by atoms with van der Waals surface area (Å²) in [5.41, 5.74) is 8.23. The molecule has 2 aromatic rings. The Hall–Kier alpha value is -2.14. The maximum atomic E-state index is 12.7. The number of aryl methyl sites for hydroxylation is 2. The third-order valence-corrected chi connectivity index (χ3v) is 3.32. The summed E-state index contributed by atoms with van der Waals surface area (Å²) in [7, 11) is 0. The molecular weight excluding hydrogens is 264 g/mol. The van der Waals surface area contributed by atoms with Crippen LogP contribution in [0.3, 0.4) is 0 Å². The fourth-order valence-corrected chi connectivity index (χ4v) is 2.33. The van der Waals surface area contributed by atoms with Crippen LogP contribution in [0.1, 0.15) is 28.7 Å². The van der Waals surface area contributed by atoms with Crippen molar-refractivity contribution in [1.29, 1.82) is 0 Å². The minimum Gasteiger partial charge on any atom is -0.332 e. The minimum absolute atomic E-state index is 0.0215. The molecule has 1 aromatic carbocycles. The van der Waals surface area contributed by atoms with Gasteiger partial charge in [-0.1, -0.05) is 30.3 Å². The van der Waals surface area contributed by atoms with Crippen molar-refractivity contribution in [1.82, 2.24) is 14.7 Å². The number of amides is 1. The lowest BCUT2D eigenvalue weighted by molar-refractivity contribution is 0.0735. The highest BCUT2D eigenvalue weighted by Crippen LogP contribution is 2.11. The Kier molecular flexibility index (Phi) is 5.11. The van der Waals surface area contributed by atoms with Crippen molar-refractivity contribution in [2.45, 2.75) is 26.9 Å². The van der Waals surface area contributed by atoms with Crippen molar-refractivity contribution in [3.05, 3.63) is 53.3 Å². The Balaban J connectivity index is 2.22. The zero-order valence-corrected chi connectivity index (χ0v) is 12.6. The summed E-state index contributed by atoms with van der Waals surface area (Å²) in [6.07, 6.45) is 0. The highest BCUT2D eigenvalue weighted by Gasteiger charge is 2.20. The van der Waals surface area contributed by atoms with E-state index in [1.807, 2.05) is 50.2 Å². The molecule has 2 rings (SSSR count). The van der Waals surface area contributed by atoms with Gasteiger partial charge in [-0.05, 0) is 25.5 Å². The number of aromatic nitrogens is 2. The number of nitrogens with two attached hydrogens (primary N) is 1. The largest absolute Gasteiger partial charge is 0.332 e. The molecule has 0 radical (unpaired) electrons. The third-order valence-electron chi connectivity index (χ3n) is 3.32. The van der Waals surface area contributed by atoms with Gasteiger partial charge in [0.1, 0.15) is 5.69 Å². The van der Waals surface area contributed by atoms with Crippen molar-refractivity contribution in [2.75, 3.05) is 13.1 Å². The predicted octanol–water partition coefficient (Wildman–Crippen LogP) is 1.81. The fraction of sp³-hybridized carbons (Fsp3) is 0.375. The van der Waals surface area contributed by atoms with E-state index in [-0.39, 0.29) is 5.91 Å². The number of nitrogens with zero attached hydrogens (tertiary/aromatic N) is 3. The number of rotatable bonds is 6. The summed E-state index contributed by atoms with van der Waals surface area (Å²) in [6.45, 7) is 6.09. The number of hydrogen-bond acceptors (Lipinski definition) is 3. The zero-order valence-electron chi connectivity index (χ0n) is 12.6. The number of carbonyl (C=O) groups is 1. The standard InChI is InChI=1S/C16H22N4O/c1-3-20-15(11-13(2)18-20)16(21)19(10-9-17)12-14-7-5-4-6-8-14/h4-8,11H,3,9-10,12,17H2,1-2H3. The van der Waals surface area contributed by atoms with E-state index in [4.69, 9.17) is 5.73 Å². The van der Waals surface area contributed by atoms with Gasteiger partial charge in [0.2, 0.25) is 0 Å². The molecule has 0 bridgehead atoms. The van der Waals surface area contributed by atoms with Gasteiger partial charge in [0.05, 0.1) is 5.69 Å². The minimum atomic E-state index is -0.0215. The molecule has 0 aliphatic carbocycles. The molecule has 5 heteroatoms. The fourth-order valence-electron chi connectivity index (χ4n) is 2.33. The summed E-state index contributed by atoms with van der Waals surface area (Å²) in [5.74, 6) is -0.0215. The molecule has 0 fully saturated rings. The van der Waals surface area contributed by atoms with Gasteiger partial charge in [-0.25, -0.2) is 0 Å². The normalized spacial score (nSPS) is 10.6. The number of benzene rings is 1. The Morgan fingerprint density at radius 1 is 1.33 bits per heavy atom. The van der Waals surface area contributed by atoms with E-state index in [9.17, 15) is 4.79 Å². The van der Waals surface area contributed by atoms with Crippen LogP contribution in [0.5, 0.6) is 0 Å². The number of carbonyl (C=O) groups excluding carboxylic acids is 1. The molecule has 0 saturated heterocycles. The van der Waals surface area contributed by atoms with E-state index >= 15 is 0 Å². The molecule has 2 N–H and O–H groups in total. The van der Waals surface area contributed by atoms with Gasteiger partial charge >= 0.3 is 0 Å². The summed E-state index contributed by atoms with van der Waals surface area (Å²) in [4.78, 5) is 14.5. The molecule has 112 valence electrons. The maximum absolute atomic E-state index is 12.7. The Morgan fingerprint density at radius 3 is 2.67 bits per heavy atom. The van der Waals surface area contributed by atoms with Crippen LogP contribution < -0.4 is 5.73 Å². The van der Waals surface area contributed by atoms with E-state index in [1.54, 1.807) is 9.58 Å². The Bertz CT molecular complexity index is 592. The Morgan fingerprint density at radius 2 is 2.05 bits per heavy atom. The Labute approximate surface area is 125 Å². The third kappa shape index (κ3) is 3.70. The van der Waals surface area contributed by atoms with Gasteiger partial charge in [-0.15, -0.1) is 0 Å². The van der Waals surface area contributed by atoms with E-state index in [1.165, 1.54) is 0 Å². The van der Waals surface area contributed by atoms with Crippen molar-refractivity contribution in [3.8, 4) is 0 Å². The second kappa shape index (κ2) is 7.04. The van der Waals surface area contributed by atoms with Gasteiger partial charge in [0.25, 0.3) is 5.91 Å². The molecule has 21 heavy (non-hydrogen) atoms. The lowest BCUT2D eigenvalue weighted by Crippen LogP contribution is -2.36. The van der Waals surface area contributed by atoms with Crippen molar-refractivity contribution in [2.24, 2.45) is 5.73 Å². The highest BCUT2D eigenvalue weighted by molar-refractivity contribution is 5.92. The van der Waals surface area contributed by atoms with Gasteiger partial charge in [-0.2, -0.15) is 5.10 Å². The average Bonchev–Trinajstić information content (AvgIpc) is 2.88. The van der Waals surface area contributed by atoms with Crippen LogP contribution in [0, 0.1) is 6.92 Å². The first-order valence-corrected chi connectivity index (χ1v) is 7.23. The molecule has 1 heterocycles. The molecular formula is C16H22N4O. The summed E-state index contributed by atoms with van der Waals surface area (Å²) in [6, 6.07) is 11.8. The predicted molar refractivity (Wildman–Crippen MR) is 82.9 cm³/mol. The highest BCUT2D eigenvalue weighted by atomic mass is 16.2. The van der Waals surface area contributed by atoms with Gasteiger partial charge in [0.15, 0.2) is 0 Å². The van der Waals surface area contributed by atoms with Crippen LogP contribution in [0.2, 0.25) is 0 Å². The molecule has 1 amide bonds. The molecule has 0 atom stereocenters. The van der Waals surface area contributed by atoms with E-state index < -0.39 is 0 Å². The van der Waals surface area contributed by atoms with Crippen molar-refractivity contribution in [3.63, 3.8) is 0 Å². The molecule has 0 aliphatic heterocycles. The summed E-state index contributed by atoms with van der Waals surface area (Å²) < 4.78 is 1.74. The molecule has 0 saturated carbocycles. The zero-order chi connectivity index (χ0) is 15.2. The monoisotopic (exact) mass is 286 g/mol. The van der Waals surface area contributed by atoms with Crippen LogP contribution in [0.25, 0.3) is 0 Å². The van der Waals surface area contributed by atoms with E-state index in [2.05, 4.69) is 5.10 Å². The maximum Gasteiger partial charge on any atom is 0.272 e. The van der Waals surface area contributed by atoms with Crippen LogP contribution in [-0.2, 0) is 13.1 Å². The van der Waals surface area contributed by atoms with Crippen LogP contribution in [0.4, 0.5) is 0 Å². The smallest absolute Gasteiger partial charge is 0.272 e. The second-order valence-electron chi connectivity index (χ2n) is 4.99. The molecule has 1 aromatic heterocycles. The van der Waals surface area contributed by atoms with Crippen LogP contribution >= 0.6 is 0 Å². The first-order valence-electron chi connectivity index (χ1n) is 7.23. The molecule has 0 unspecified atom stereocenters.